The minimum absolute atomic E-state index is 0. The Labute approximate surface area is 401 Å². The molecule has 0 amide bonds. The fraction of sp³-hybridized carbons (Fsp3) is 0.0566. The molecule has 0 bridgehead atoms. The van der Waals surface area contributed by atoms with E-state index in [2.05, 4.69) is 133 Å². The normalized spacial score (nSPS) is 11.2. The van der Waals surface area contributed by atoms with Crippen molar-refractivity contribution in [3.8, 4) is 5.75 Å². The average molecular weight is 1030 g/mol. The van der Waals surface area contributed by atoms with E-state index >= 15 is 0 Å². The fourth-order valence-corrected chi connectivity index (χ4v) is 13.2. The van der Waals surface area contributed by atoms with Crippen LogP contribution >= 0.6 is 15.2 Å². The maximum atomic E-state index is 12.8. The third-order valence-corrected chi connectivity index (χ3v) is 16.9. The van der Waals surface area contributed by atoms with Gasteiger partial charge in [-0.25, -0.2) is 8.42 Å². The van der Waals surface area contributed by atoms with Gasteiger partial charge in [-0.3, -0.25) is 0 Å². The molecule has 66 heavy (non-hydrogen) atoms. The van der Waals surface area contributed by atoms with Crippen LogP contribution < -0.4 is 47.4 Å². The van der Waals surface area contributed by atoms with Crippen LogP contribution in [0.3, 0.4) is 0 Å². The molecule has 2 N–H and O–H groups in total. The molecular weight excluding hydrogens is 988 g/mol. The van der Waals surface area contributed by atoms with Crippen molar-refractivity contribution in [1.82, 2.24) is 0 Å². The number of halogens is 3. The standard InChI is InChI=1S/C27H23O2P.C18H15P.C7H8N.CHF3O3S.Pd/c1-29-23-19-17-22(18-20-23)27(21-28)30(24-11-5-2-6-12-24,25-13-7-3-8-14-25)26-15-9-4-10-16-26;1-4-10-16(11-5-1)19(17-12-6-2-7-13-17)18-14-8-3-9-15-18;8-6-7-4-2-1-3-5-7;2-1(3,4)8(5,6)7;/h2-21H,1H3;1-15H;1-4H,6,8H2;(H,5,6,7);/q;;-1;;+2/p-1/b27-21+;;;;. The number of methoxy groups -OCH3 is 1. The zero-order valence-electron chi connectivity index (χ0n) is 35.6. The summed E-state index contributed by atoms with van der Waals surface area (Å²) in [6.45, 7) is 0.584. The second-order valence-electron chi connectivity index (χ2n) is 13.7. The summed E-state index contributed by atoms with van der Waals surface area (Å²) in [6.07, 6.45) is 1.04. The van der Waals surface area contributed by atoms with Crippen molar-refractivity contribution in [1.29, 1.82) is 0 Å². The Hall–Kier alpha value is -5.72. The molecule has 0 saturated heterocycles. The third kappa shape index (κ3) is 14.4. The van der Waals surface area contributed by atoms with Crippen molar-refractivity contribution in [2.75, 3.05) is 7.11 Å². The summed E-state index contributed by atoms with van der Waals surface area (Å²) in [4.78, 5) is 0. The van der Waals surface area contributed by atoms with Gasteiger partial charge in [0.15, 0.2) is 10.1 Å². The van der Waals surface area contributed by atoms with Gasteiger partial charge in [0.1, 0.15) is 34.2 Å². The molecule has 0 aliphatic carbocycles. The van der Waals surface area contributed by atoms with Crippen LogP contribution in [-0.2, 0) is 37.1 Å². The molecule has 8 aromatic carbocycles. The second-order valence-corrected chi connectivity index (χ2v) is 20.7. The monoisotopic (exact) mass is 1030 g/mol. The third-order valence-electron chi connectivity index (χ3n) is 9.61. The molecule has 0 fully saturated rings. The summed E-state index contributed by atoms with van der Waals surface area (Å²) >= 11 is 0. The Morgan fingerprint density at radius 3 is 1.20 bits per heavy atom. The molecule has 13 heteroatoms. The molecule has 8 rings (SSSR count). The van der Waals surface area contributed by atoms with Crippen molar-refractivity contribution >= 4 is 62.4 Å². The summed E-state index contributed by atoms with van der Waals surface area (Å²) < 4.78 is 64.2. The van der Waals surface area contributed by atoms with Crippen LogP contribution in [-0.4, -0.2) is 25.6 Å². The van der Waals surface area contributed by atoms with E-state index in [0.29, 0.717) is 6.54 Å². The van der Waals surface area contributed by atoms with Gasteiger partial charge >= 0.3 is 25.9 Å². The molecule has 0 saturated carbocycles. The minimum Gasteiger partial charge on any atom is -0.875 e. The van der Waals surface area contributed by atoms with Crippen molar-refractivity contribution in [2.45, 2.75) is 12.1 Å². The summed E-state index contributed by atoms with van der Waals surface area (Å²) in [6, 6.07) is 82.0. The average Bonchev–Trinajstić information content (AvgIpc) is 3.35. The predicted octanol–water partition coefficient (Wildman–Crippen LogP) is 8.79. The fourth-order valence-electron chi connectivity index (χ4n) is 6.66. The molecule has 0 unspecified atom stereocenters. The van der Waals surface area contributed by atoms with Gasteiger partial charge in [0.2, 0.25) is 0 Å². The van der Waals surface area contributed by atoms with E-state index in [9.17, 15) is 18.3 Å². The Balaban J connectivity index is 0.000000224. The first-order valence-corrected chi connectivity index (χ1v) is 24.6. The molecule has 6 nitrogen and oxygen atoms in total. The van der Waals surface area contributed by atoms with E-state index in [0.717, 1.165) is 44.4 Å². The summed E-state index contributed by atoms with van der Waals surface area (Å²) in [7, 11) is -7.29. The van der Waals surface area contributed by atoms with E-state index < -0.39 is 30.8 Å². The summed E-state index contributed by atoms with van der Waals surface area (Å²) in [5.74, 6) is 0.770. The number of hydrogen-bond acceptors (Lipinski definition) is 6. The van der Waals surface area contributed by atoms with E-state index in [4.69, 9.17) is 23.4 Å². The maximum absolute atomic E-state index is 12.8. The molecule has 0 atom stereocenters. The van der Waals surface area contributed by atoms with Crippen LogP contribution in [0.25, 0.3) is 5.31 Å². The second kappa shape index (κ2) is 26.4. The summed E-state index contributed by atoms with van der Waals surface area (Å²) in [5, 5.41) is 21.2. The van der Waals surface area contributed by atoms with Crippen molar-refractivity contribution < 1.29 is 56.4 Å². The van der Waals surface area contributed by atoms with Crippen molar-refractivity contribution in [3.05, 3.63) is 254 Å². The topological polar surface area (TPSA) is 116 Å². The Morgan fingerprint density at radius 1 is 0.606 bits per heavy atom. The smallest absolute Gasteiger partial charge is 0.875 e. The number of rotatable bonds is 10. The van der Waals surface area contributed by atoms with Gasteiger partial charge in [0.05, 0.1) is 7.11 Å². The molecule has 340 valence electrons. The SMILES string of the molecule is COc1ccc(/C(=C\[O-])[P+](c2ccccc2)(c2ccccc2)c2ccccc2)cc1.NCc1[c-]cccc1.O=S(=O)([O-])C(F)(F)F.[Pd+2].c1ccc(P(c2ccccc2)c2ccccc2)cc1. The Morgan fingerprint density at radius 2 is 0.939 bits per heavy atom. The van der Waals surface area contributed by atoms with Gasteiger partial charge < -0.3 is 20.1 Å². The molecular formula is C53H46F3NO5P2PdS. The number of hydrogen-bond donors (Lipinski definition) is 1. The molecule has 8 aromatic rings. The molecule has 0 spiro atoms. The minimum atomic E-state index is -6.09. The zero-order chi connectivity index (χ0) is 46.5. The van der Waals surface area contributed by atoms with Crippen LogP contribution in [0.2, 0.25) is 0 Å². The van der Waals surface area contributed by atoms with Gasteiger partial charge in [-0.2, -0.15) is 43.5 Å². The van der Waals surface area contributed by atoms with E-state index in [1.54, 1.807) is 7.11 Å². The van der Waals surface area contributed by atoms with Gasteiger partial charge in [-0.15, -0.1) is 11.8 Å². The molecule has 0 aliphatic heterocycles. The molecule has 0 heterocycles. The van der Waals surface area contributed by atoms with Crippen LogP contribution in [0.4, 0.5) is 13.2 Å². The molecule has 0 aromatic heterocycles. The molecule has 0 aliphatic rings. The number of ether oxygens (including phenoxy) is 1. The number of alkyl halides is 3. The first-order chi connectivity index (χ1) is 31.4. The van der Waals surface area contributed by atoms with E-state index in [-0.39, 0.29) is 20.4 Å². The van der Waals surface area contributed by atoms with Crippen molar-refractivity contribution in [3.63, 3.8) is 0 Å². The number of benzene rings is 8. The van der Waals surface area contributed by atoms with Gasteiger partial charge in [0, 0.05) is 5.56 Å². The number of nitrogens with two attached hydrogens (primary N) is 1. The van der Waals surface area contributed by atoms with Crippen LogP contribution in [0.15, 0.2) is 237 Å². The first-order valence-electron chi connectivity index (χ1n) is 20.1. The quantitative estimate of drug-likeness (QED) is 0.0366. The Kier molecular flexibility index (Phi) is 21.2. The van der Waals surface area contributed by atoms with Gasteiger partial charge in [-0.05, 0) is 91.0 Å². The first kappa shape index (κ1) is 52.9. The largest absolute Gasteiger partial charge is 2.00 e. The van der Waals surface area contributed by atoms with Crippen LogP contribution in [0.1, 0.15) is 11.1 Å². The van der Waals surface area contributed by atoms with Crippen molar-refractivity contribution in [2.24, 2.45) is 5.73 Å². The zero-order valence-corrected chi connectivity index (χ0v) is 39.8. The van der Waals surface area contributed by atoms with Crippen LogP contribution in [0.5, 0.6) is 5.75 Å². The molecule has 0 radical (unpaired) electrons. The van der Waals surface area contributed by atoms with Gasteiger partial charge in [-0.1, -0.05) is 146 Å². The summed E-state index contributed by atoms with van der Waals surface area (Å²) in [5.41, 5.74) is 1.65. The van der Waals surface area contributed by atoms with Crippen LogP contribution in [0, 0.1) is 6.07 Å². The maximum Gasteiger partial charge on any atom is 2.00 e. The Bertz CT molecular complexity index is 2540. The van der Waals surface area contributed by atoms with E-state index in [1.807, 2.05) is 103 Å². The van der Waals surface area contributed by atoms with E-state index in [1.165, 1.54) is 15.9 Å². The predicted molar refractivity (Wildman–Crippen MR) is 260 cm³/mol. The van der Waals surface area contributed by atoms with Gasteiger partial charge in [0.25, 0.3) is 0 Å².